The van der Waals surface area contributed by atoms with Gasteiger partial charge in [0.25, 0.3) is 0 Å². The molecule has 11 heteroatoms. The SMILES string of the molecule is CC(C)CN1C(=O)C(=O)N(CC(=O)Nc2ccc3c(c2)OC(F)(F)O3)C1=O. The molecule has 1 aromatic carbocycles. The van der Waals surface area contributed by atoms with Crippen LogP contribution < -0.4 is 14.8 Å². The van der Waals surface area contributed by atoms with Crippen molar-refractivity contribution >= 4 is 29.4 Å². The Bertz CT molecular complexity index is 841. The highest BCUT2D eigenvalue weighted by Crippen LogP contribution is 2.42. The van der Waals surface area contributed by atoms with Crippen LogP contribution in [-0.2, 0) is 14.4 Å². The number of hydrogen-bond acceptors (Lipinski definition) is 6. The van der Waals surface area contributed by atoms with E-state index in [1.807, 2.05) is 0 Å². The van der Waals surface area contributed by atoms with Crippen molar-refractivity contribution in [3.05, 3.63) is 18.2 Å². The first-order valence-electron chi connectivity index (χ1n) is 7.94. The lowest BCUT2D eigenvalue weighted by atomic mass is 10.2. The molecule has 0 atom stereocenters. The zero-order valence-corrected chi connectivity index (χ0v) is 14.3. The number of benzene rings is 1. The number of hydrogen-bond donors (Lipinski definition) is 1. The Labute approximate surface area is 151 Å². The van der Waals surface area contributed by atoms with Gasteiger partial charge in [0.2, 0.25) is 5.91 Å². The Hall–Kier alpha value is -3.24. The average Bonchev–Trinajstić information content (AvgIpc) is 2.96. The second-order valence-electron chi connectivity index (χ2n) is 6.36. The van der Waals surface area contributed by atoms with E-state index >= 15 is 0 Å². The summed E-state index contributed by atoms with van der Waals surface area (Å²) in [6, 6.07) is 2.69. The first-order chi connectivity index (χ1) is 12.6. The smallest absolute Gasteiger partial charge is 0.395 e. The van der Waals surface area contributed by atoms with Crippen LogP contribution in [0.15, 0.2) is 18.2 Å². The van der Waals surface area contributed by atoms with Crippen molar-refractivity contribution in [2.45, 2.75) is 20.1 Å². The molecular formula is C16H15F2N3O6. The minimum atomic E-state index is -3.79. The van der Waals surface area contributed by atoms with E-state index in [2.05, 4.69) is 14.8 Å². The third-order valence-electron chi connectivity index (χ3n) is 3.67. The molecule has 0 bridgehead atoms. The molecule has 3 rings (SSSR count). The van der Waals surface area contributed by atoms with E-state index in [4.69, 9.17) is 0 Å². The summed E-state index contributed by atoms with van der Waals surface area (Å²) in [5.41, 5.74) is 0.0875. The van der Waals surface area contributed by atoms with Crippen molar-refractivity contribution in [2.24, 2.45) is 5.92 Å². The molecule has 2 aliphatic rings. The molecule has 9 nitrogen and oxygen atoms in total. The number of nitrogens with one attached hydrogen (secondary N) is 1. The molecule has 0 aromatic heterocycles. The maximum Gasteiger partial charge on any atom is 0.586 e. The largest absolute Gasteiger partial charge is 0.586 e. The number of carbonyl (C=O) groups excluding carboxylic acids is 4. The van der Waals surface area contributed by atoms with Crippen molar-refractivity contribution in [2.75, 3.05) is 18.4 Å². The predicted molar refractivity (Wildman–Crippen MR) is 84.9 cm³/mol. The van der Waals surface area contributed by atoms with Gasteiger partial charge in [0.05, 0.1) is 0 Å². The van der Waals surface area contributed by atoms with Gasteiger partial charge < -0.3 is 14.8 Å². The summed E-state index contributed by atoms with van der Waals surface area (Å²) in [7, 11) is 0. The number of ether oxygens (including phenoxy) is 2. The fourth-order valence-electron chi connectivity index (χ4n) is 2.59. The summed E-state index contributed by atoms with van der Waals surface area (Å²) in [4.78, 5) is 49.4. The summed E-state index contributed by atoms with van der Waals surface area (Å²) < 4.78 is 34.5. The van der Waals surface area contributed by atoms with Gasteiger partial charge in [-0.25, -0.2) is 9.69 Å². The number of alkyl halides is 2. The monoisotopic (exact) mass is 383 g/mol. The number of nitrogens with zero attached hydrogens (tertiary/aromatic N) is 2. The van der Waals surface area contributed by atoms with Crippen molar-refractivity contribution in [3.63, 3.8) is 0 Å². The first kappa shape index (κ1) is 18.5. The molecule has 2 aliphatic heterocycles. The predicted octanol–water partition coefficient (Wildman–Crippen LogP) is 1.39. The van der Waals surface area contributed by atoms with Crippen LogP contribution in [0.3, 0.4) is 0 Å². The summed E-state index contributed by atoms with van der Waals surface area (Å²) in [5, 5.41) is 2.34. The van der Waals surface area contributed by atoms with Gasteiger partial charge in [-0.3, -0.25) is 19.3 Å². The van der Waals surface area contributed by atoms with Gasteiger partial charge in [-0.15, -0.1) is 8.78 Å². The molecule has 5 amide bonds. The van der Waals surface area contributed by atoms with Gasteiger partial charge in [0.1, 0.15) is 6.54 Å². The molecule has 0 saturated carbocycles. The Balaban J connectivity index is 1.66. The molecule has 2 heterocycles. The molecule has 0 spiro atoms. The van der Waals surface area contributed by atoms with Gasteiger partial charge >= 0.3 is 24.1 Å². The van der Waals surface area contributed by atoms with Crippen molar-refractivity contribution < 1.29 is 37.4 Å². The van der Waals surface area contributed by atoms with Crippen LogP contribution in [0.25, 0.3) is 0 Å². The van der Waals surface area contributed by atoms with Crippen LogP contribution in [0.4, 0.5) is 19.3 Å². The van der Waals surface area contributed by atoms with Crippen molar-refractivity contribution in [3.8, 4) is 11.5 Å². The van der Waals surface area contributed by atoms with E-state index < -0.39 is 36.6 Å². The Morgan fingerprint density at radius 3 is 2.41 bits per heavy atom. The zero-order valence-electron chi connectivity index (χ0n) is 14.3. The normalized spacial score (nSPS) is 17.9. The lowest BCUT2D eigenvalue weighted by Crippen LogP contribution is -2.39. The molecule has 1 fully saturated rings. The summed E-state index contributed by atoms with van der Waals surface area (Å²) in [5.74, 6) is -3.40. The standard InChI is InChI=1S/C16H15F2N3O6/c1-8(2)6-20-13(23)14(24)21(15(20)25)7-12(22)19-9-3-4-10-11(5-9)27-16(17,18)26-10/h3-5,8H,6-7H2,1-2H3,(H,19,22). The number of imide groups is 2. The fraction of sp³-hybridized carbons (Fsp3) is 0.375. The molecule has 0 unspecified atom stereocenters. The van der Waals surface area contributed by atoms with Gasteiger partial charge in [-0.2, -0.15) is 0 Å². The van der Waals surface area contributed by atoms with E-state index in [-0.39, 0.29) is 29.6 Å². The molecule has 1 N–H and O–H groups in total. The van der Waals surface area contributed by atoms with Crippen LogP contribution in [0.2, 0.25) is 0 Å². The number of halogens is 2. The third-order valence-corrected chi connectivity index (χ3v) is 3.67. The van der Waals surface area contributed by atoms with E-state index in [0.717, 1.165) is 11.0 Å². The van der Waals surface area contributed by atoms with Crippen LogP contribution in [0, 0.1) is 5.92 Å². The maximum absolute atomic E-state index is 13.0. The Morgan fingerprint density at radius 1 is 1.11 bits per heavy atom. The highest BCUT2D eigenvalue weighted by molar-refractivity contribution is 6.45. The topological polar surface area (TPSA) is 105 Å². The molecule has 1 aromatic rings. The van der Waals surface area contributed by atoms with Crippen LogP contribution in [0.5, 0.6) is 11.5 Å². The average molecular weight is 383 g/mol. The van der Waals surface area contributed by atoms with E-state index in [1.54, 1.807) is 13.8 Å². The highest BCUT2D eigenvalue weighted by Gasteiger charge is 2.45. The van der Waals surface area contributed by atoms with Crippen molar-refractivity contribution in [1.82, 2.24) is 9.80 Å². The quantitative estimate of drug-likeness (QED) is 0.609. The van der Waals surface area contributed by atoms with Gasteiger partial charge in [0.15, 0.2) is 11.5 Å². The molecule has 0 radical (unpaired) electrons. The first-order valence-corrected chi connectivity index (χ1v) is 7.94. The number of anilines is 1. The highest BCUT2D eigenvalue weighted by atomic mass is 19.3. The summed E-state index contributed by atoms with van der Waals surface area (Å²) in [6.45, 7) is 2.90. The van der Waals surface area contributed by atoms with Crippen LogP contribution >= 0.6 is 0 Å². The second-order valence-corrected chi connectivity index (χ2v) is 6.36. The summed E-state index contributed by atoms with van der Waals surface area (Å²) in [6.07, 6.45) is -3.79. The number of amides is 5. The van der Waals surface area contributed by atoms with E-state index in [1.165, 1.54) is 12.1 Å². The Kier molecular flexibility index (Phi) is 4.46. The van der Waals surface area contributed by atoms with E-state index in [0.29, 0.717) is 4.90 Å². The van der Waals surface area contributed by atoms with Crippen molar-refractivity contribution in [1.29, 1.82) is 0 Å². The lowest BCUT2D eigenvalue weighted by molar-refractivity contribution is -0.286. The number of urea groups is 1. The van der Waals surface area contributed by atoms with Crippen LogP contribution in [0.1, 0.15) is 13.8 Å². The third kappa shape index (κ3) is 3.66. The molecule has 144 valence electrons. The lowest BCUT2D eigenvalue weighted by Gasteiger charge is -2.16. The second kappa shape index (κ2) is 6.49. The maximum atomic E-state index is 13.0. The fourth-order valence-corrected chi connectivity index (χ4v) is 2.59. The minimum absolute atomic E-state index is 0.0498. The summed E-state index contributed by atoms with van der Waals surface area (Å²) >= 11 is 0. The molecular weight excluding hydrogens is 368 g/mol. The number of rotatable bonds is 5. The Morgan fingerprint density at radius 2 is 1.74 bits per heavy atom. The van der Waals surface area contributed by atoms with Crippen LogP contribution in [-0.4, -0.2) is 52.9 Å². The van der Waals surface area contributed by atoms with Gasteiger partial charge in [0, 0.05) is 18.3 Å². The zero-order chi connectivity index (χ0) is 19.9. The number of fused-ring (bicyclic) bond motifs is 1. The molecule has 0 aliphatic carbocycles. The van der Waals surface area contributed by atoms with Gasteiger partial charge in [-0.1, -0.05) is 13.8 Å². The molecule has 27 heavy (non-hydrogen) atoms. The minimum Gasteiger partial charge on any atom is -0.395 e. The van der Waals surface area contributed by atoms with Gasteiger partial charge in [-0.05, 0) is 18.1 Å². The van der Waals surface area contributed by atoms with E-state index in [9.17, 15) is 28.0 Å². The number of carbonyl (C=O) groups is 4. The molecule has 1 saturated heterocycles.